The number of fused-ring (bicyclic) bond motifs is 4. The van der Waals surface area contributed by atoms with Gasteiger partial charge in [-0.15, -0.1) is 11.3 Å². The third-order valence-electron chi connectivity index (χ3n) is 11.1. The van der Waals surface area contributed by atoms with E-state index in [0.717, 1.165) is 87.6 Å². The van der Waals surface area contributed by atoms with Gasteiger partial charge in [0.15, 0.2) is 0 Å². The first-order valence-electron chi connectivity index (χ1n) is 19.9. The van der Waals surface area contributed by atoms with Crippen LogP contribution < -0.4 is 4.90 Å². The Bertz CT molecular complexity index is 3250. The molecule has 0 saturated carbocycles. The summed E-state index contributed by atoms with van der Waals surface area (Å²) in [5.74, 6) is 0. The largest absolute Gasteiger partial charge is 0.455 e. The lowest BCUT2D eigenvalue weighted by Gasteiger charge is -2.27. The van der Waals surface area contributed by atoms with Gasteiger partial charge in [0.25, 0.3) is 0 Å². The van der Waals surface area contributed by atoms with Crippen LogP contribution in [-0.4, -0.2) is 4.98 Å². The number of furan rings is 1. The topological polar surface area (TPSA) is 29.3 Å². The van der Waals surface area contributed by atoms with Gasteiger partial charge in [-0.05, 0) is 81.4 Å². The zero-order valence-corrected chi connectivity index (χ0v) is 32.8. The number of para-hydroxylation sites is 1. The quantitative estimate of drug-likeness (QED) is 0.154. The van der Waals surface area contributed by atoms with Crippen LogP contribution in [0.25, 0.3) is 87.2 Å². The number of hydrogen-bond donors (Lipinski definition) is 0. The van der Waals surface area contributed by atoms with Crippen molar-refractivity contribution in [3.8, 4) is 55.1 Å². The number of benzene rings is 9. The van der Waals surface area contributed by atoms with Crippen LogP contribution in [0.5, 0.6) is 0 Å². The molecule has 3 nitrogen and oxygen atoms in total. The Morgan fingerprint density at radius 1 is 0.373 bits per heavy atom. The normalized spacial score (nSPS) is 11.4. The van der Waals surface area contributed by atoms with Gasteiger partial charge in [0.05, 0.1) is 10.2 Å². The summed E-state index contributed by atoms with van der Waals surface area (Å²) in [6.07, 6.45) is 0. The second-order valence-corrected chi connectivity index (χ2v) is 15.8. The van der Waals surface area contributed by atoms with E-state index < -0.39 is 0 Å². The molecule has 278 valence electrons. The third kappa shape index (κ3) is 6.46. The van der Waals surface area contributed by atoms with E-state index in [1.807, 2.05) is 6.07 Å². The Labute approximate surface area is 346 Å². The Morgan fingerprint density at radius 3 is 1.66 bits per heavy atom. The molecule has 0 N–H and O–H groups in total. The van der Waals surface area contributed by atoms with E-state index in [4.69, 9.17) is 9.40 Å². The average Bonchev–Trinajstić information content (AvgIpc) is 3.90. The highest BCUT2D eigenvalue weighted by molar-refractivity contribution is 7.21. The van der Waals surface area contributed by atoms with Gasteiger partial charge >= 0.3 is 0 Å². The second-order valence-electron chi connectivity index (χ2n) is 14.7. The Balaban J connectivity index is 1.07. The summed E-state index contributed by atoms with van der Waals surface area (Å²) in [4.78, 5) is 7.41. The monoisotopic (exact) mass is 772 g/mol. The maximum Gasteiger partial charge on any atom is 0.143 e. The van der Waals surface area contributed by atoms with E-state index in [9.17, 15) is 0 Å². The molecule has 59 heavy (non-hydrogen) atoms. The fraction of sp³-hybridized carbons (Fsp3) is 0. The fourth-order valence-electron chi connectivity index (χ4n) is 8.23. The SMILES string of the molecule is c1ccc(-c2ccc(N(c3cccc(-c4ccccc4)c3)c3ccc(-c4cccc5c4oc4cc6sc(-c7ccccc7)nc6cc45)c(-c4ccccc4)c3)cc2)cc1. The lowest BCUT2D eigenvalue weighted by Crippen LogP contribution is -2.10. The van der Waals surface area contributed by atoms with E-state index in [-0.39, 0.29) is 0 Å². The van der Waals surface area contributed by atoms with Crippen molar-refractivity contribution in [2.75, 3.05) is 4.90 Å². The van der Waals surface area contributed by atoms with Crippen LogP contribution in [0.15, 0.2) is 223 Å². The summed E-state index contributed by atoms with van der Waals surface area (Å²) in [6, 6.07) is 77.6. The molecule has 4 heteroatoms. The van der Waals surface area contributed by atoms with E-state index >= 15 is 0 Å². The summed E-state index contributed by atoms with van der Waals surface area (Å²) < 4.78 is 7.95. The molecule has 9 aromatic carbocycles. The van der Waals surface area contributed by atoms with Crippen LogP contribution in [0.4, 0.5) is 17.1 Å². The summed E-state index contributed by atoms with van der Waals surface area (Å²) in [7, 11) is 0. The molecular formula is C55H36N2OS. The van der Waals surface area contributed by atoms with E-state index in [2.05, 4.69) is 217 Å². The van der Waals surface area contributed by atoms with Gasteiger partial charge in [-0.1, -0.05) is 170 Å². The van der Waals surface area contributed by atoms with Crippen LogP contribution in [0, 0.1) is 0 Å². The highest BCUT2D eigenvalue weighted by atomic mass is 32.1. The van der Waals surface area contributed by atoms with Crippen molar-refractivity contribution >= 4 is 60.6 Å². The summed E-state index contributed by atoms with van der Waals surface area (Å²) in [6.45, 7) is 0. The van der Waals surface area contributed by atoms with Gasteiger partial charge in [-0.25, -0.2) is 4.98 Å². The van der Waals surface area contributed by atoms with Gasteiger partial charge < -0.3 is 9.32 Å². The minimum atomic E-state index is 0.865. The van der Waals surface area contributed by atoms with Gasteiger partial charge in [0, 0.05) is 45.0 Å². The molecular weight excluding hydrogens is 737 g/mol. The lowest BCUT2D eigenvalue weighted by molar-refractivity contribution is 0.670. The van der Waals surface area contributed by atoms with Crippen LogP contribution in [0.2, 0.25) is 0 Å². The van der Waals surface area contributed by atoms with Crippen LogP contribution in [0.3, 0.4) is 0 Å². The second kappa shape index (κ2) is 14.8. The predicted molar refractivity (Wildman–Crippen MR) is 249 cm³/mol. The first-order chi connectivity index (χ1) is 29.2. The molecule has 0 aliphatic rings. The molecule has 0 bridgehead atoms. The number of thiazole rings is 1. The fourth-order valence-corrected chi connectivity index (χ4v) is 9.22. The molecule has 0 saturated heterocycles. The molecule has 0 radical (unpaired) electrons. The van der Waals surface area contributed by atoms with Crippen LogP contribution >= 0.6 is 11.3 Å². The average molecular weight is 773 g/mol. The molecule has 0 aliphatic heterocycles. The lowest BCUT2D eigenvalue weighted by atomic mass is 9.92. The van der Waals surface area contributed by atoms with E-state index in [0.29, 0.717) is 0 Å². The highest BCUT2D eigenvalue weighted by Crippen LogP contribution is 2.45. The summed E-state index contributed by atoms with van der Waals surface area (Å²) >= 11 is 1.70. The van der Waals surface area contributed by atoms with Crippen molar-refractivity contribution in [2.24, 2.45) is 0 Å². The maximum atomic E-state index is 6.84. The Kier molecular flexibility index (Phi) is 8.68. The first-order valence-corrected chi connectivity index (χ1v) is 20.7. The minimum absolute atomic E-state index is 0.865. The molecule has 0 amide bonds. The summed E-state index contributed by atoms with van der Waals surface area (Å²) in [5, 5.41) is 3.16. The number of hydrogen-bond acceptors (Lipinski definition) is 4. The molecule has 0 atom stereocenters. The molecule has 11 aromatic rings. The molecule has 0 aliphatic carbocycles. The molecule has 11 rings (SSSR count). The van der Waals surface area contributed by atoms with Gasteiger partial charge in [0.2, 0.25) is 0 Å². The van der Waals surface area contributed by atoms with Crippen molar-refractivity contribution in [3.63, 3.8) is 0 Å². The predicted octanol–water partition coefficient (Wildman–Crippen LogP) is 16.0. The number of aromatic nitrogens is 1. The number of nitrogens with zero attached hydrogens (tertiary/aromatic N) is 2. The zero-order valence-electron chi connectivity index (χ0n) is 32.0. The third-order valence-corrected chi connectivity index (χ3v) is 12.2. The van der Waals surface area contributed by atoms with E-state index in [1.54, 1.807) is 11.3 Å². The molecule has 2 aromatic heterocycles. The smallest absolute Gasteiger partial charge is 0.143 e. The van der Waals surface area contributed by atoms with Gasteiger partial charge in [-0.3, -0.25) is 0 Å². The van der Waals surface area contributed by atoms with Gasteiger partial charge in [-0.2, -0.15) is 0 Å². The number of rotatable bonds is 8. The Morgan fingerprint density at radius 2 is 0.949 bits per heavy atom. The highest BCUT2D eigenvalue weighted by Gasteiger charge is 2.21. The maximum absolute atomic E-state index is 6.84. The number of anilines is 3. The van der Waals surface area contributed by atoms with Crippen LogP contribution in [-0.2, 0) is 0 Å². The van der Waals surface area contributed by atoms with Crippen molar-refractivity contribution in [1.29, 1.82) is 0 Å². The molecule has 2 heterocycles. The Hall–Kier alpha value is -7.53. The summed E-state index contributed by atoms with van der Waals surface area (Å²) in [5.41, 5.74) is 16.2. The van der Waals surface area contributed by atoms with Crippen molar-refractivity contribution in [3.05, 3.63) is 218 Å². The van der Waals surface area contributed by atoms with Crippen molar-refractivity contribution < 1.29 is 4.42 Å². The molecule has 0 fully saturated rings. The van der Waals surface area contributed by atoms with Crippen molar-refractivity contribution in [1.82, 2.24) is 4.98 Å². The van der Waals surface area contributed by atoms with Gasteiger partial charge in [0.1, 0.15) is 16.2 Å². The zero-order chi connectivity index (χ0) is 39.1. The standard InChI is InChI=1S/C55H36N2OS/c1-5-15-37(16-6-1)39-27-29-43(30-28-39)57(44-24-13-23-42(33-44)38-17-7-2-8-18-38)45-31-32-46(49(34-45)40-19-9-3-10-20-40)47-25-14-26-48-50-35-51-53(36-52(50)58-54(47)48)59-55(56-51)41-21-11-4-12-22-41/h1-36H. The van der Waals surface area contributed by atoms with Crippen molar-refractivity contribution in [2.45, 2.75) is 0 Å². The first kappa shape index (κ1) is 34.7. The van der Waals surface area contributed by atoms with E-state index in [1.165, 1.54) is 16.7 Å². The molecule has 0 unspecified atom stereocenters. The minimum Gasteiger partial charge on any atom is -0.455 e. The van der Waals surface area contributed by atoms with Crippen LogP contribution in [0.1, 0.15) is 0 Å². The molecule has 0 spiro atoms.